The van der Waals surface area contributed by atoms with Crippen LogP contribution >= 0.6 is 20.2 Å². The Kier molecular flexibility index (Phi) is 5.84. The van der Waals surface area contributed by atoms with Gasteiger partial charge in [-0.15, -0.1) is 0 Å². The predicted molar refractivity (Wildman–Crippen MR) is 104 cm³/mol. The minimum atomic E-state index is -0.284. The molecule has 2 N–H and O–H groups in total. The molecular weight excluding hydrogens is 369 g/mol. The molecule has 1 aromatic heterocycles. The van der Waals surface area contributed by atoms with Crippen molar-refractivity contribution in [3.63, 3.8) is 0 Å². The van der Waals surface area contributed by atoms with E-state index in [-0.39, 0.29) is 15.2 Å². The molecule has 0 unspecified atom stereocenters. The first-order valence-corrected chi connectivity index (χ1v) is 9.04. The van der Waals surface area contributed by atoms with E-state index in [0.717, 1.165) is 27.0 Å². The van der Waals surface area contributed by atoms with Crippen LogP contribution in [-0.4, -0.2) is 4.98 Å². The van der Waals surface area contributed by atoms with Gasteiger partial charge in [0.25, 0.3) is 8.61 Å². The third-order valence-corrected chi connectivity index (χ3v) is 4.64. The standard InChI is InChI=1S/C19H17ClN3O2P/c1-13-3-2-4-18(23(21)26-24)17(13)12-25-19-11-15(9-10-22-19)14-5-7-16(20)8-6-14/h2-11H,12,21H2,1H3. The third-order valence-electron chi connectivity index (χ3n) is 4.00. The van der Waals surface area contributed by atoms with Crippen LogP contribution in [0.3, 0.4) is 0 Å². The number of aromatic nitrogens is 1. The van der Waals surface area contributed by atoms with Gasteiger partial charge in [0.1, 0.15) is 6.61 Å². The quantitative estimate of drug-likeness (QED) is 0.360. The fourth-order valence-electron chi connectivity index (χ4n) is 2.59. The van der Waals surface area contributed by atoms with Crippen molar-refractivity contribution < 1.29 is 9.30 Å². The lowest BCUT2D eigenvalue weighted by atomic mass is 10.1. The number of hydrazine groups is 1. The Bertz CT molecular complexity index is 919. The van der Waals surface area contributed by atoms with Gasteiger partial charge in [0.05, 0.1) is 5.69 Å². The van der Waals surface area contributed by atoms with Crippen molar-refractivity contribution in [1.82, 2.24) is 4.98 Å². The number of nitrogens with zero attached hydrogens (tertiary/aromatic N) is 2. The van der Waals surface area contributed by atoms with Gasteiger partial charge >= 0.3 is 0 Å². The summed E-state index contributed by atoms with van der Waals surface area (Å²) in [6.07, 6.45) is 1.70. The zero-order valence-electron chi connectivity index (χ0n) is 14.1. The molecule has 0 radical (unpaired) electrons. The van der Waals surface area contributed by atoms with Crippen molar-refractivity contribution >= 4 is 25.9 Å². The first-order valence-electron chi connectivity index (χ1n) is 7.90. The van der Waals surface area contributed by atoms with E-state index in [1.807, 2.05) is 55.5 Å². The molecule has 0 saturated heterocycles. The fraction of sp³-hybridized carbons (Fsp3) is 0.105. The molecular formula is C19H17ClN3O2P. The van der Waals surface area contributed by atoms with Gasteiger partial charge in [0.2, 0.25) is 5.88 Å². The van der Waals surface area contributed by atoms with Crippen LogP contribution in [0.5, 0.6) is 5.88 Å². The molecule has 7 heteroatoms. The second-order valence-electron chi connectivity index (χ2n) is 5.68. The smallest absolute Gasteiger partial charge is 0.297 e. The molecule has 5 nitrogen and oxygen atoms in total. The Morgan fingerprint density at radius 1 is 1.15 bits per heavy atom. The summed E-state index contributed by atoms with van der Waals surface area (Å²) in [6.45, 7) is 2.22. The van der Waals surface area contributed by atoms with Gasteiger partial charge < -0.3 is 4.74 Å². The maximum atomic E-state index is 11.1. The summed E-state index contributed by atoms with van der Waals surface area (Å²) in [7, 11) is -0.284. The van der Waals surface area contributed by atoms with E-state index < -0.39 is 0 Å². The van der Waals surface area contributed by atoms with Crippen LogP contribution in [0.15, 0.2) is 60.8 Å². The summed E-state index contributed by atoms with van der Waals surface area (Å²) in [5, 5.41) is 0.690. The molecule has 0 aliphatic rings. The molecule has 0 aliphatic heterocycles. The van der Waals surface area contributed by atoms with E-state index in [1.165, 1.54) is 0 Å². The normalized spacial score (nSPS) is 10.7. The molecule has 132 valence electrons. The van der Waals surface area contributed by atoms with Crippen LogP contribution in [0, 0.1) is 6.92 Å². The molecule has 0 atom stereocenters. The van der Waals surface area contributed by atoms with Crippen LogP contribution in [0.4, 0.5) is 5.69 Å². The average Bonchev–Trinajstić information content (AvgIpc) is 2.67. The molecule has 1 heterocycles. The van der Waals surface area contributed by atoms with Gasteiger partial charge in [-0.3, -0.25) is 0 Å². The maximum absolute atomic E-state index is 11.1. The Balaban J connectivity index is 1.82. The van der Waals surface area contributed by atoms with Gasteiger partial charge in [0.15, 0.2) is 0 Å². The summed E-state index contributed by atoms with van der Waals surface area (Å²) in [4.78, 5) is 4.27. The van der Waals surface area contributed by atoms with Crippen LogP contribution in [0.1, 0.15) is 11.1 Å². The number of pyridine rings is 1. The maximum Gasteiger partial charge on any atom is 0.297 e. The van der Waals surface area contributed by atoms with Crippen molar-refractivity contribution in [2.75, 3.05) is 4.78 Å². The summed E-state index contributed by atoms with van der Waals surface area (Å²) >= 11 is 5.94. The Labute approximate surface area is 158 Å². The highest BCUT2D eigenvalue weighted by atomic mass is 35.5. The van der Waals surface area contributed by atoms with Crippen LogP contribution in [0.25, 0.3) is 11.1 Å². The zero-order valence-corrected chi connectivity index (χ0v) is 15.7. The van der Waals surface area contributed by atoms with Crippen LogP contribution in [0.2, 0.25) is 5.02 Å². The van der Waals surface area contributed by atoms with E-state index in [0.29, 0.717) is 16.6 Å². The molecule has 0 saturated carbocycles. The van der Waals surface area contributed by atoms with E-state index >= 15 is 0 Å². The van der Waals surface area contributed by atoms with E-state index in [1.54, 1.807) is 12.3 Å². The largest absolute Gasteiger partial charge is 0.473 e. The summed E-state index contributed by atoms with van der Waals surface area (Å²) in [5.41, 5.74) is 4.51. The fourth-order valence-corrected chi connectivity index (χ4v) is 2.99. The zero-order chi connectivity index (χ0) is 18.5. The lowest BCUT2D eigenvalue weighted by Gasteiger charge is -2.17. The van der Waals surface area contributed by atoms with E-state index in [9.17, 15) is 4.57 Å². The molecule has 0 aliphatic carbocycles. The number of ether oxygens (including phenoxy) is 1. The van der Waals surface area contributed by atoms with Gasteiger partial charge in [-0.25, -0.2) is 20.2 Å². The number of hydrogen-bond acceptors (Lipinski definition) is 4. The molecule has 26 heavy (non-hydrogen) atoms. The lowest BCUT2D eigenvalue weighted by molar-refractivity contribution is 0.293. The van der Waals surface area contributed by atoms with Gasteiger partial charge in [0, 0.05) is 22.8 Å². The second kappa shape index (κ2) is 8.28. The summed E-state index contributed by atoms with van der Waals surface area (Å²) in [5.74, 6) is 6.27. The average molecular weight is 386 g/mol. The number of halogens is 1. The Morgan fingerprint density at radius 3 is 2.65 bits per heavy atom. The number of nitrogens with two attached hydrogens (primary N) is 1. The molecule has 0 amide bonds. The first-order chi connectivity index (χ1) is 12.6. The van der Waals surface area contributed by atoms with E-state index in [4.69, 9.17) is 22.2 Å². The number of anilines is 1. The number of benzene rings is 2. The molecule has 0 fully saturated rings. The Morgan fingerprint density at radius 2 is 1.92 bits per heavy atom. The summed E-state index contributed by atoms with van der Waals surface area (Å²) in [6, 6.07) is 17.0. The van der Waals surface area contributed by atoms with Crippen molar-refractivity contribution in [2.45, 2.75) is 13.5 Å². The van der Waals surface area contributed by atoms with Crippen molar-refractivity contribution in [2.24, 2.45) is 5.84 Å². The van der Waals surface area contributed by atoms with E-state index in [2.05, 4.69) is 4.98 Å². The summed E-state index contributed by atoms with van der Waals surface area (Å²) < 4.78 is 18.1. The second-order valence-corrected chi connectivity index (χ2v) is 6.71. The lowest BCUT2D eigenvalue weighted by Crippen LogP contribution is -2.21. The van der Waals surface area contributed by atoms with Gasteiger partial charge in [-0.2, -0.15) is 0 Å². The first kappa shape index (κ1) is 18.3. The highest BCUT2D eigenvalue weighted by Crippen LogP contribution is 2.28. The minimum absolute atomic E-state index is 0.266. The van der Waals surface area contributed by atoms with Crippen molar-refractivity contribution in [3.05, 3.63) is 76.9 Å². The molecule has 3 aromatic rings. The van der Waals surface area contributed by atoms with Gasteiger partial charge in [-0.1, -0.05) is 35.9 Å². The molecule has 3 rings (SSSR count). The third kappa shape index (κ3) is 4.20. The predicted octanol–water partition coefficient (Wildman–Crippen LogP) is 5.18. The molecule has 0 spiro atoms. The monoisotopic (exact) mass is 385 g/mol. The van der Waals surface area contributed by atoms with Crippen molar-refractivity contribution in [3.8, 4) is 17.0 Å². The van der Waals surface area contributed by atoms with Gasteiger partial charge in [-0.05, 0) is 47.9 Å². The number of hydrogen-bond donors (Lipinski definition) is 1. The number of aryl methyl sites for hydroxylation is 1. The number of rotatable bonds is 6. The van der Waals surface area contributed by atoms with Crippen molar-refractivity contribution in [1.29, 1.82) is 0 Å². The highest BCUT2D eigenvalue weighted by molar-refractivity contribution is 7.25. The Hall–Kier alpha value is -2.46. The minimum Gasteiger partial charge on any atom is -0.473 e. The molecule has 0 bridgehead atoms. The van der Waals surface area contributed by atoms with Crippen LogP contribution < -0.4 is 15.4 Å². The highest BCUT2D eigenvalue weighted by Gasteiger charge is 2.12. The topological polar surface area (TPSA) is 68.5 Å². The molecule has 2 aromatic carbocycles. The SMILES string of the molecule is Cc1cccc(N(N)P=O)c1COc1cc(-c2ccc(Cl)cc2)ccn1. The van der Waals surface area contributed by atoms with Crippen LogP contribution in [-0.2, 0) is 11.2 Å².